The van der Waals surface area contributed by atoms with E-state index < -0.39 is 0 Å². The van der Waals surface area contributed by atoms with Crippen LogP contribution in [0, 0.1) is 5.92 Å². The number of nitrogens with zero attached hydrogens (tertiary/aromatic N) is 3. The third-order valence-electron chi connectivity index (χ3n) is 7.50. The van der Waals surface area contributed by atoms with Crippen LogP contribution in [0.3, 0.4) is 0 Å². The normalized spacial score (nSPS) is 17.8. The summed E-state index contributed by atoms with van der Waals surface area (Å²) in [5, 5.41) is 5.90. The van der Waals surface area contributed by atoms with Crippen molar-refractivity contribution in [3.63, 3.8) is 0 Å². The van der Waals surface area contributed by atoms with Crippen molar-refractivity contribution < 1.29 is 9.59 Å². The molecular formula is C32H29N5O3. The highest BCUT2D eigenvalue weighted by molar-refractivity contribution is 6.08. The number of hydrogen-bond acceptors (Lipinski definition) is 5. The van der Waals surface area contributed by atoms with E-state index in [1.165, 1.54) is 6.08 Å². The predicted molar refractivity (Wildman–Crippen MR) is 157 cm³/mol. The van der Waals surface area contributed by atoms with E-state index in [0.717, 1.165) is 29.9 Å². The molecule has 0 aliphatic carbocycles. The van der Waals surface area contributed by atoms with Crippen LogP contribution in [0.15, 0.2) is 102 Å². The second-order valence-electron chi connectivity index (χ2n) is 10.3. The first-order chi connectivity index (χ1) is 19.5. The quantitative estimate of drug-likeness (QED) is 0.350. The molecule has 8 nitrogen and oxygen atoms in total. The van der Waals surface area contributed by atoms with E-state index in [1.54, 1.807) is 48.8 Å². The number of carbonyl (C=O) groups is 2. The Morgan fingerprint density at radius 1 is 0.875 bits per heavy atom. The molecule has 1 saturated heterocycles. The topological polar surface area (TPSA) is 96.3 Å². The maximum absolute atomic E-state index is 13.1. The van der Waals surface area contributed by atoms with E-state index in [-0.39, 0.29) is 23.3 Å². The minimum atomic E-state index is -0.286. The van der Waals surface area contributed by atoms with Gasteiger partial charge in [-0.2, -0.15) is 0 Å². The summed E-state index contributed by atoms with van der Waals surface area (Å²) in [4.78, 5) is 44.8. The summed E-state index contributed by atoms with van der Waals surface area (Å²) < 4.78 is 1.90. The first kappa shape index (κ1) is 25.3. The maximum atomic E-state index is 13.1. The third kappa shape index (κ3) is 5.42. The van der Waals surface area contributed by atoms with Gasteiger partial charge in [-0.1, -0.05) is 36.4 Å². The number of aromatic nitrogens is 2. The number of rotatable bonds is 6. The van der Waals surface area contributed by atoms with Crippen LogP contribution < -0.4 is 21.1 Å². The van der Waals surface area contributed by atoms with Crippen molar-refractivity contribution in [1.82, 2.24) is 9.55 Å². The molecule has 4 aromatic rings. The van der Waals surface area contributed by atoms with E-state index in [9.17, 15) is 14.4 Å². The molecule has 6 rings (SSSR count). The van der Waals surface area contributed by atoms with Crippen LogP contribution in [-0.2, 0) is 11.3 Å². The average molecular weight is 532 g/mol. The number of anilines is 3. The number of amides is 2. The number of carbonyl (C=O) groups excluding carboxylic acids is 2. The highest BCUT2D eigenvalue weighted by Gasteiger charge is 2.35. The van der Waals surface area contributed by atoms with E-state index in [2.05, 4.69) is 20.5 Å². The zero-order chi connectivity index (χ0) is 27.5. The molecule has 0 spiro atoms. The van der Waals surface area contributed by atoms with Gasteiger partial charge in [0.05, 0.1) is 11.4 Å². The number of pyridine rings is 2. The molecule has 200 valence electrons. The van der Waals surface area contributed by atoms with Crippen LogP contribution >= 0.6 is 0 Å². The van der Waals surface area contributed by atoms with Crippen LogP contribution in [0.5, 0.6) is 0 Å². The summed E-state index contributed by atoms with van der Waals surface area (Å²) in [6.07, 6.45) is 7.51. The van der Waals surface area contributed by atoms with Crippen molar-refractivity contribution in [2.45, 2.75) is 18.9 Å². The summed E-state index contributed by atoms with van der Waals surface area (Å²) in [6.45, 7) is 2.14. The van der Waals surface area contributed by atoms with Gasteiger partial charge < -0.3 is 20.1 Å². The summed E-state index contributed by atoms with van der Waals surface area (Å²) in [6, 6.07) is 23.9. The fourth-order valence-electron chi connectivity index (χ4n) is 5.70. The fourth-order valence-corrected chi connectivity index (χ4v) is 5.70. The van der Waals surface area contributed by atoms with E-state index in [0.29, 0.717) is 35.9 Å². The van der Waals surface area contributed by atoms with E-state index >= 15 is 0 Å². The molecule has 8 heteroatoms. The van der Waals surface area contributed by atoms with Gasteiger partial charge in [0.2, 0.25) is 5.91 Å². The molecule has 2 aromatic heterocycles. The van der Waals surface area contributed by atoms with Crippen molar-refractivity contribution in [1.29, 1.82) is 0 Å². The molecular weight excluding hydrogens is 502 g/mol. The molecule has 2 bridgehead atoms. The predicted octanol–water partition coefficient (Wildman–Crippen LogP) is 4.77. The Hall–Kier alpha value is -4.98. The molecule has 2 aliphatic heterocycles. The lowest BCUT2D eigenvalue weighted by Gasteiger charge is -2.44. The molecule has 2 aliphatic rings. The Kier molecular flexibility index (Phi) is 6.97. The van der Waals surface area contributed by atoms with Crippen molar-refractivity contribution in [2.24, 2.45) is 5.92 Å². The molecule has 2 amide bonds. The average Bonchev–Trinajstić information content (AvgIpc) is 2.97. The van der Waals surface area contributed by atoms with Crippen molar-refractivity contribution in [3.8, 4) is 0 Å². The van der Waals surface area contributed by atoms with Gasteiger partial charge in [-0.25, -0.2) is 0 Å². The lowest BCUT2D eigenvalue weighted by molar-refractivity contribution is -0.111. The fraction of sp³-hybridized carbons (Fsp3) is 0.188. The van der Waals surface area contributed by atoms with Crippen LogP contribution in [0.2, 0.25) is 0 Å². The smallest absolute Gasteiger partial charge is 0.255 e. The lowest BCUT2D eigenvalue weighted by atomic mass is 9.83. The van der Waals surface area contributed by atoms with E-state index in [1.807, 2.05) is 53.1 Å². The molecule has 2 N–H and O–H groups in total. The zero-order valence-corrected chi connectivity index (χ0v) is 21.9. The van der Waals surface area contributed by atoms with Crippen LogP contribution in [0.25, 0.3) is 6.08 Å². The number of nitrogens with one attached hydrogen (secondary N) is 2. The number of piperidine rings is 1. The van der Waals surface area contributed by atoms with Gasteiger partial charge in [0.25, 0.3) is 11.5 Å². The second-order valence-corrected chi connectivity index (χ2v) is 10.3. The minimum absolute atomic E-state index is 0.0448. The SMILES string of the molecule is O=C(/C=C/c1ccccc1)Nc1cc(C(=O)Nc2ccncc2)ccc1N1C[C@H]2C[C@@H](C1)c1cccc(=O)n1C2. The number of hydrogen-bond donors (Lipinski definition) is 2. The first-order valence-electron chi connectivity index (χ1n) is 13.4. The summed E-state index contributed by atoms with van der Waals surface area (Å²) in [5.74, 6) is -0.0528. The van der Waals surface area contributed by atoms with Crippen molar-refractivity contribution >= 4 is 35.0 Å². The number of fused-ring (bicyclic) bond motifs is 4. The Morgan fingerprint density at radius 3 is 2.52 bits per heavy atom. The standard InChI is InChI=1S/C32H29N5O3/c38-30(12-9-22-5-2-1-3-6-22)35-27-18-24(32(40)34-26-13-15-33-16-14-26)10-11-29(27)36-19-23-17-25(21-36)28-7-4-8-31(39)37(28)20-23/h1-16,18,23,25H,17,19-21H2,(H,35,38)(H,33,34,40)/b12-9+/t23-,25+/m1/s1. The summed E-state index contributed by atoms with van der Waals surface area (Å²) in [5.41, 5.74) is 4.50. The van der Waals surface area contributed by atoms with Crippen LogP contribution in [0.4, 0.5) is 17.1 Å². The Balaban J connectivity index is 1.30. The van der Waals surface area contributed by atoms with Gasteiger partial charge in [0, 0.05) is 67.0 Å². The molecule has 0 saturated carbocycles. The molecule has 1 fully saturated rings. The van der Waals surface area contributed by atoms with Crippen LogP contribution in [0.1, 0.15) is 34.0 Å². The Bertz CT molecular complexity index is 1630. The van der Waals surface area contributed by atoms with Gasteiger partial charge >= 0.3 is 0 Å². The maximum Gasteiger partial charge on any atom is 0.255 e. The highest BCUT2D eigenvalue weighted by atomic mass is 16.2. The molecule has 40 heavy (non-hydrogen) atoms. The van der Waals surface area contributed by atoms with Crippen LogP contribution in [-0.4, -0.2) is 34.5 Å². The second kappa shape index (κ2) is 11.0. The van der Waals surface area contributed by atoms with Gasteiger partial charge in [-0.15, -0.1) is 0 Å². The number of benzene rings is 2. The van der Waals surface area contributed by atoms with Gasteiger partial charge in [0.1, 0.15) is 0 Å². The third-order valence-corrected chi connectivity index (χ3v) is 7.50. The molecule has 2 atom stereocenters. The molecule has 2 aromatic carbocycles. The largest absolute Gasteiger partial charge is 0.369 e. The Morgan fingerprint density at radius 2 is 1.70 bits per heavy atom. The zero-order valence-electron chi connectivity index (χ0n) is 21.9. The molecule has 0 unspecified atom stereocenters. The summed E-state index contributed by atoms with van der Waals surface area (Å²) in [7, 11) is 0. The lowest BCUT2D eigenvalue weighted by Crippen LogP contribution is -2.47. The van der Waals surface area contributed by atoms with Gasteiger partial charge in [-0.05, 0) is 60.4 Å². The van der Waals surface area contributed by atoms with Gasteiger partial charge in [0.15, 0.2) is 0 Å². The molecule has 4 heterocycles. The minimum Gasteiger partial charge on any atom is -0.369 e. The van der Waals surface area contributed by atoms with Crippen molar-refractivity contribution in [2.75, 3.05) is 28.6 Å². The van der Waals surface area contributed by atoms with E-state index in [4.69, 9.17) is 0 Å². The van der Waals surface area contributed by atoms with Crippen molar-refractivity contribution in [3.05, 3.63) is 125 Å². The van der Waals surface area contributed by atoms with Gasteiger partial charge in [-0.3, -0.25) is 19.4 Å². The highest BCUT2D eigenvalue weighted by Crippen LogP contribution is 2.39. The molecule has 0 radical (unpaired) electrons. The first-order valence-corrected chi connectivity index (χ1v) is 13.4. The monoisotopic (exact) mass is 531 g/mol. The summed E-state index contributed by atoms with van der Waals surface area (Å²) >= 11 is 0. The Labute approximate surface area is 232 Å².